The number of carbonyl (C=O) groups is 3. The molecule has 0 aliphatic carbocycles. The van der Waals surface area contributed by atoms with Crippen molar-refractivity contribution >= 4 is 18.0 Å². The van der Waals surface area contributed by atoms with Gasteiger partial charge >= 0.3 is 18.0 Å². The fourth-order valence-corrected chi connectivity index (χ4v) is 1.26. The summed E-state index contributed by atoms with van der Waals surface area (Å²) < 4.78 is 5.09. The van der Waals surface area contributed by atoms with Gasteiger partial charge in [-0.05, 0) is 0 Å². The Kier molecular flexibility index (Phi) is 5.88. The third-order valence-corrected chi connectivity index (χ3v) is 2.14. The van der Waals surface area contributed by atoms with Crippen LogP contribution in [0.25, 0.3) is 0 Å². The summed E-state index contributed by atoms with van der Waals surface area (Å²) >= 11 is 0. The number of ether oxygens (including phenoxy) is 1. The Morgan fingerprint density at radius 3 is 2.50 bits per heavy atom. The number of aliphatic carboxylic acids is 1. The maximum atomic E-state index is 11.5. The Morgan fingerprint density at radius 2 is 1.89 bits per heavy atom. The van der Waals surface area contributed by atoms with Gasteiger partial charge in [0.25, 0.3) is 0 Å². The van der Waals surface area contributed by atoms with Crippen molar-refractivity contribution in [2.75, 3.05) is 39.4 Å². The van der Waals surface area contributed by atoms with Crippen molar-refractivity contribution in [1.82, 2.24) is 15.7 Å². The highest BCUT2D eigenvalue weighted by atomic mass is 16.7. The lowest BCUT2D eigenvalue weighted by atomic mass is 10.4. The molecule has 1 aliphatic rings. The first-order valence-corrected chi connectivity index (χ1v) is 5.38. The number of hydroxylamine groups is 1. The molecule has 0 aromatic heterocycles. The fourth-order valence-electron chi connectivity index (χ4n) is 1.26. The van der Waals surface area contributed by atoms with E-state index in [1.165, 1.54) is 0 Å². The van der Waals surface area contributed by atoms with Crippen LogP contribution in [0.3, 0.4) is 0 Å². The molecule has 0 bridgehead atoms. The predicted octanol–water partition coefficient (Wildman–Crippen LogP) is -1.84. The molecule has 1 rings (SSSR count). The summed E-state index contributed by atoms with van der Waals surface area (Å²) in [6.07, 6.45) is 0. The van der Waals surface area contributed by atoms with E-state index < -0.39 is 11.9 Å². The number of rotatable bonds is 4. The number of hydrogen-bond acceptors (Lipinski definition) is 6. The molecule has 1 heterocycles. The van der Waals surface area contributed by atoms with Crippen LogP contribution in [0.5, 0.6) is 0 Å². The molecule has 0 unspecified atom stereocenters. The molecule has 3 N–H and O–H groups in total. The lowest BCUT2D eigenvalue weighted by Gasteiger charge is -2.26. The van der Waals surface area contributed by atoms with Crippen molar-refractivity contribution in [2.45, 2.75) is 0 Å². The van der Waals surface area contributed by atoms with Crippen LogP contribution in [0.1, 0.15) is 0 Å². The van der Waals surface area contributed by atoms with Gasteiger partial charge in [0.2, 0.25) is 0 Å². The number of urea groups is 1. The van der Waals surface area contributed by atoms with Gasteiger partial charge in [-0.25, -0.2) is 14.4 Å². The molecular formula is C9H15N3O6. The maximum absolute atomic E-state index is 11.5. The van der Waals surface area contributed by atoms with Gasteiger partial charge in [0.05, 0.1) is 13.2 Å². The minimum Gasteiger partial charge on any atom is -0.473 e. The molecule has 0 saturated carbocycles. The minimum absolute atomic E-state index is 0.120. The van der Waals surface area contributed by atoms with Crippen molar-refractivity contribution < 1.29 is 29.1 Å². The molecular weight excluding hydrogens is 246 g/mol. The Morgan fingerprint density at radius 1 is 1.22 bits per heavy atom. The summed E-state index contributed by atoms with van der Waals surface area (Å²) in [5, 5.41) is 10.8. The SMILES string of the molecule is O=C(O)C(=O)ONCCNC(=O)N1CCOCC1. The van der Waals surface area contributed by atoms with E-state index in [1.807, 2.05) is 0 Å². The molecule has 0 radical (unpaired) electrons. The first kappa shape index (κ1) is 14.2. The van der Waals surface area contributed by atoms with E-state index in [-0.39, 0.29) is 19.1 Å². The van der Waals surface area contributed by atoms with Gasteiger partial charge in [-0.3, -0.25) is 0 Å². The number of carbonyl (C=O) groups excluding carboxylic acids is 2. The molecule has 1 fully saturated rings. The summed E-state index contributed by atoms with van der Waals surface area (Å²) in [6.45, 7) is 2.43. The zero-order chi connectivity index (χ0) is 13.4. The molecule has 0 aromatic carbocycles. The summed E-state index contributed by atoms with van der Waals surface area (Å²) in [6, 6.07) is -0.232. The zero-order valence-electron chi connectivity index (χ0n) is 9.68. The number of nitrogens with zero attached hydrogens (tertiary/aromatic N) is 1. The second kappa shape index (κ2) is 7.45. The van der Waals surface area contributed by atoms with Gasteiger partial charge in [0, 0.05) is 26.2 Å². The number of nitrogens with one attached hydrogen (secondary N) is 2. The normalized spacial score (nSPS) is 15.0. The summed E-state index contributed by atoms with van der Waals surface area (Å²) in [4.78, 5) is 37.9. The third-order valence-electron chi connectivity index (χ3n) is 2.14. The van der Waals surface area contributed by atoms with Crippen molar-refractivity contribution in [1.29, 1.82) is 0 Å². The van der Waals surface area contributed by atoms with Crippen LogP contribution in [0, 0.1) is 0 Å². The number of carboxylic acids is 1. The van der Waals surface area contributed by atoms with E-state index in [2.05, 4.69) is 15.6 Å². The third kappa shape index (κ3) is 4.97. The van der Waals surface area contributed by atoms with E-state index in [4.69, 9.17) is 9.84 Å². The molecule has 1 aliphatic heterocycles. The maximum Gasteiger partial charge on any atom is 0.435 e. The molecule has 1 saturated heterocycles. The monoisotopic (exact) mass is 261 g/mol. The summed E-state index contributed by atoms with van der Waals surface area (Å²) in [7, 11) is 0. The van der Waals surface area contributed by atoms with Crippen LogP contribution in [-0.4, -0.2) is 67.4 Å². The first-order valence-electron chi connectivity index (χ1n) is 5.38. The molecule has 9 nitrogen and oxygen atoms in total. The topological polar surface area (TPSA) is 117 Å². The van der Waals surface area contributed by atoms with E-state index >= 15 is 0 Å². The number of morpholine rings is 1. The quantitative estimate of drug-likeness (QED) is 0.309. The van der Waals surface area contributed by atoms with E-state index in [9.17, 15) is 14.4 Å². The smallest absolute Gasteiger partial charge is 0.435 e. The molecule has 18 heavy (non-hydrogen) atoms. The second-order valence-corrected chi connectivity index (χ2v) is 3.42. The van der Waals surface area contributed by atoms with Gasteiger partial charge < -0.3 is 24.9 Å². The van der Waals surface area contributed by atoms with Crippen LogP contribution in [0.15, 0.2) is 0 Å². The fraction of sp³-hybridized carbons (Fsp3) is 0.667. The lowest BCUT2D eigenvalue weighted by Crippen LogP contribution is -2.47. The average Bonchev–Trinajstić information content (AvgIpc) is 2.38. The highest BCUT2D eigenvalue weighted by Gasteiger charge is 2.16. The molecule has 9 heteroatoms. The van der Waals surface area contributed by atoms with Crippen molar-refractivity contribution in [2.24, 2.45) is 0 Å². The van der Waals surface area contributed by atoms with Gasteiger partial charge in [0.1, 0.15) is 0 Å². The van der Waals surface area contributed by atoms with Crippen LogP contribution >= 0.6 is 0 Å². The van der Waals surface area contributed by atoms with E-state index in [0.29, 0.717) is 26.3 Å². The van der Waals surface area contributed by atoms with E-state index in [0.717, 1.165) is 0 Å². The summed E-state index contributed by atoms with van der Waals surface area (Å²) in [5.74, 6) is -3.07. The molecule has 102 valence electrons. The number of hydrogen-bond donors (Lipinski definition) is 3. The zero-order valence-corrected chi connectivity index (χ0v) is 9.68. The minimum atomic E-state index is -1.68. The van der Waals surface area contributed by atoms with Gasteiger partial charge in [-0.15, -0.1) is 0 Å². The van der Waals surface area contributed by atoms with Crippen molar-refractivity contribution in [3.8, 4) is 0 Å². The van der Waals surface area contributed by atoms with Crippen LogP contribution < -0.4 is 10.8 Å². The van der Waals surface area contributed by atoms with Crippen molar-refractivity contribution in [3.05, 3.63) is 0 Å². The van der Waals surface area contributed by atoms with Crippen LogP contribution in [0.4, 0.5) is 4.79 Å². The highest BCUT2D eigenvalue weighted by molar-refractivity contribution is 6.28. The molecule has 0 atom stereocenters. The summed E-state index contributed by atoms with van der Waals surface area (Å²) in [5.41, 5.74) is 2.14. The number of carboxylic acid groups (broad SMARTS) is 1. The second-order valence-electron chi connectivity index (χ2n) is 3.42. The standard InChI is InChI=1S/C9H15N3O6/c13-7(14)8(15)18-11-2-1-10-9(16)12-3-5-17-6-4-12/h11H,1-6H2,(H,10,16)(H,13,14). The van der Waals surface area contributed by atoms with E-state index in [1.54, 1.807) is 4.90 Å². The van der Waals surface area contributed by atoms with Gasteiger partial charge in [0.15, 0.2) is 0 Å². The van der Waals surface area contributed by atoms with Crippen LogP contribution in [-0.2, 0) is 19.2 Å². The average molecular weight is 261 g/mol. The molecule has 0 spiro atoms. The predicted molar refractivity (Wildman–Crippen MR) is 57.5 cm³/mol. The largest absolute Gasteiger partial charge is 0.473 e. The molecule has 2 amide bonds. The number of amides is 2. The Labute approximate surface area is 103 Å². The van der Waals surface area contributed by atoms with Gasteiger partial charge in [-0.1, -0.05) is 0 Å². The van der Waals surface area contributed by atoms with Gasteiger partial charge in [-0.2, -0.15) is 5.48 Å². The Hall–Kier alpha value is -1.87. The Balaban J connectivity index is 2.05. The van der Waals surface area contributed by atoms with Crippen LogP contribution in [0.2, 0.25) is 0 Å². The molecule has 0 aromatic rings. The Bertz CT molecular complexity index is 315. The lowest BCUT2D eigenvalue weighted by molar-refractivity contribution is -0.168. The highest BCUT2D eigenvalue weighted by Crippen LogP contribution is 1.96. The van der Waals surface area contributed by atoms with Crippen molar-refractivity contribution in [3.63, 3.8) is 0 Å². The first-order chi connectivity index (χ1) is 8.61.